The van der Waals surface area contributed by atoms with Crippen LogP contribution in [-0.2, 0) is 17.6 Å². The summed E-state index contributed by atoms with van der Waals surface area (Å²) in [5.74, 6) is 0.0362. The number of carbonyl (C=O) groups excluding carboxylic acids is 1. The molecule has 1 spiro atoms. The van der Waals surface area contributed by atoms with Crippen molar-refractivity contribution in [3.63, 3.8) is 0 Å². The van der Waals surface area contributed by atoms with E-state index < -0.39 is 11.8 Å². The Morgan fingerprint density at radius 2 is 1.64 bits per heavy atom. The fourth-order valence-electron chi connectivity index (χ4n) is 5.57. The van der Waals surface area contributed by atoms with Gasteiger partial charge in [0.2, 0.25) is 5.91 Å². The van der Waals surface area contributed by atoms with Crippen molar-refractivity contribution in [3.8, 4) is 0 Å². The Hall–Kier alpha value is -3.33. The van der Waals surface area contributed by atoms with Crippen LogP contribution in [0.1, 0.15) is 17.5 Å². The predicted octanol–water partition coefficient (Wildman–Crippen LogP) is 4.38. The van der Waals surface area contributed by atoms with Gasteiger partial charge in [-0.2, -0.15) is 0 Å². The zero-order valence-electron chi connectivity index (χ0n) is 19.9. The summed E-state index contributed by atoms with van der Waals surface area (Å²) in [6.45, 7) is 1.84. The highest BCUT2D eigenvalue weighted by molar-refractivity contribution is 7.97. The second kappa shape index (κ2) is 10.3. The smallest absolute Gasteiger partial charge is 0.409 e. The molecule has 4 N–H and O–H groups in total. The van der Waals surface area contributed by atoms with E-state index in [1.54, 1.807) is 18.0 Å². The van der Waals surface area contributed by atoms with Crippen molar-refractivity contribution in [3.05, 3.63) is 96.1 Å². The number of amides is 2. The summed E-state index contributed by atoms with van der Waals surface area (Å²) in [6.07, 6.45) is 1.28. The van der Waals surface area contributed by atoms with Gasteiger partial charge in [-0.15, -0.1) is 0 Å². The molecule has 1 unspecified atom stereocenters. The number of carbonyl (C=O) groups is 2. The first-order chi connectivity index (χ1) is 17.5. The number of rotatable bonds is 7. The lowest BCUT2D eigenvalue weighted by Gasteiger charge is -2.55. The molecule has 5 rings (SSSR count). The lowest BCUT2D eigenvalue weighted by atomic mass is 9.64. The third-order valence-corrected chi connectivity index (χ3v) is 8.15. The lowest BCUT2D eigenvalue weighted by Crippen LogP contribution is -2.70. The summed E-state index contributed by atoms with van der Waals surface area (Å²) in [6, 6.07) is 28.4. The number of hydrogen-bond donors (Lipinski definition) is 4. The van der Waals surface area contributed by atoms with Gasteiger partial charge in [0.15, 0.2) is 0 Å². The largest absolute Gasteiger partial charge is 0.465 e. The molecule has 8 heteroatoms. The van der Waals surface area contributed by atoms with E-state index in [4.69, 9.17) is 5.11 Å². The molecule has 0 aliphatic carbocycles. The highest BCUT2D eigenvalue weighted by atomic mass is 32.2. The van der Waals surface area contributed by atoms with Gasteiger partial charge in [0.1, 0.15) is 0 Å². The summed E-state index contributed by atoms with van der Waals surface area (Å²) < 4.78 is 2.35. The Labute approximate surface area is 215 Å². The maximum absolute atomic E-state index is 12.6. The number of carboxylic acid groups (broad SMARTS) is 1. The van der Waals surface area contributed by atoms with Gasteiger partial charge >= 0.3 is 6.09 Å². The van der Waals surface area contributed by atoms with E-state index in [-0.39, 0.29) is 11.3 Å². The molecule has 7 nitrogen and oxygen atoms in total. The maximum atomic E-state index is 12.6. The molecule has 2 aliphatic heterocycles. The zero-order chi connectivity index (χ0) is 25.0. The van der Waals surface area contributed by atoms with E-state index in [0.717, 1.165) is 37.2 Å². The monoisotopic (exact) mass is 502 g/mol. The van der Waals surface area contributed by atoms with Crippen molar-refractivity contribution in [2.24, 2.45) is 5.41 Å². The molecule has 3 aromatic carbocycles. The van der Waals surface area contributed by atoms with Gasteiger partial charge in [-0.25, -0.2) is 9.10 Å². The molecule has 186 valence electrons. The van der Waals surface area contributed by atoms with Crippen molar-refractivity contribution in [1.82, 2.24) is 14.9 Å². The maximum Gasteiger partial charge on any atom is 0.409 e. The van der Waals surface area contributed by atoms with Crippen LogP contribution in [0.5, 0.6) is 0 Å². The molecule has 0 aromatic heterocycles. The molecule has 2 heterocycles. The van der Waals surface area contributed by atoms with Gasteiger partial charge in [0.05, 0.1) is 12.2 Å². The number of piperidine rings is 1. The van der Waals surface area contributed by atoms with Gasteiger partial charge in [0, 0.05) is 29.1 Å². The lowest BCUT2D eigenvalue weighted by molar-refractivity contribution is -0.120. The number of benzene rings is 3. The van der Waals surface area contributed by atoms with Crippen LogP contribution in [-0.4, -0.2) is 46.7 Å². The Morgan fingerprint density at radius 1 is 0.972 bits per heavy atom. The molecule has 2 amide bonds. The predicted molar refractivity (Wildman–Crippen MR) is 142 cm³/mol. The van der Waals surface area contributed by atoms with E-state index in [2.05, 4.69) is 68.8 Å². The Bertz CT molecular complexity index is 1180. The molecule has 0 bridgehead atoms. The third kappa shape index (κ3) is 5.26. The number of nitrogens with zero attached hydrogens (tertiary/aromatic N) is 1. The Morgan fingerprint density at radius 3 is 2.22 bits per heavy atom. The van der Waals surface area contributed by atoms with Gasteiger partial charge in [-0.3, -0.25) is 15.4 Å². The quantitative estimate of drug-likeness (QED) is 0.359. The Balaban J connectivity index is 1.50. The summed E-state index contributed by atoms with van der Waals surface area (Å²) in [7, 11) is 0. The van der Waals surface area contributed by atoms with Gasteiger partial charge in [-0.1, -0.05) is 66.7 Å². The number of hydrogen-bond acceptors (Lipinski definition) is 5. The van der Waals surface area contributed by atoms with Gasteiger partial charge < -0.3 is 10.4 Å². The van der Waals surface area contributed by atoms with Crippen LogP contribution >= 0.6 is 11.9 Å². The fraction of sp³-hybridized carbons (Fsp3) is 0.286. The van der Waals surface area contributed by atoms with Crippen LogP contribution < -0.4 is 16.0 Å². The van der Waals surface area contributed by atoms with Crippen LogP contribution in [0.3, 0.4) is 0 Å². The standard InChI is InChI=1S/C28H30N4O3S/c33-25-19-29-28(31-25)14-15-32(36-24-13-7-12-23(16-24)30-26(34)35)20-27(28,17-21-8-3-1-4-9-21)18-22-10-5-2-6-11-22/h1-13,16,29-30H,14-15,17-20H2,(H,31,33)(H,34,35). The van der Waals surface area contributed by atoms with Crippen molar-refractivity contribution in [2.75, 3.05) is 25.0 Å². The molecule has 3 aromatic rings. The number of anilines is 1. The minimum Gasteiger partial charge on any atom is -0.465 e. The van der Waals surface area contributed by atoms with Gasteiger partial charge in [0.25, 0.3) is 0 Å². The molecular formula is C28H30N4O3S. The van der Waals surface area contributed by atoms with E-state index >= 15 is 0 Å². The molecule has 1 atom stereocenters. The molecule has 2 fully saturated rings. The first kappa shape index (κ1) is 24.4. The second-order valence-electron chi connectivity index (χ2n) is 9.57. The first-order valence-electron chi connectivity index (χ1n) is 12.1. The van der Waals surface area contributed by atoms with Crippen molar-refractivity contribution < 1.29 is 14.7 Å². The van der Waals surface area contributed by atoms with Crippen molar-refractivity contribution in [1.29, 1.82) is 0 Å². The third-order valence-electron chi connectivity index (χ3n) is 7.11. The molecule has 2 aliphatic rings. The molecular weight excluding hydrogens is 472 g/mol. The first-order valence-corrected chi connectivity index (χ1v) is 12.9. The molecule has 2 saturated heterocycles. The van der Waals surface area contributed by atoms with E-state index in [1.807, 2.05) is 30.3 Å². The molecule has 0 radical (unpaired) electrons. The minimum atomic E-state index is -1.08. The van der Waals surface area contributed by atoms with Crippen molar-refractivity contribution in [2.45, 2.75) is 29.8 Å². The summed E-state index contributed by atoms with van der Waals surface area (Å²) >= 11 is 1.63. The van der Waals surface area contributed by atoms with Crippen LogP contribution in [0.25, 0.3) is 0 Å². The van der Waals surface area contributed by atoms with E-state index in [0.29, 0.717) is 12.2 Å². The van der Waals surface area contributed by atoms with Crippen LogP contribution in [0.15, 0.2) is 89.8 Å². The summed E-state index contributed by atoms with van der Waals surface area (Å²) in [5.41, 5.74) is 2.18. The highest BCUT2D eigenvalue weighted by Crippen LogP contribution is 2.46. The zero-order valence-corrected chi connectivity index (χ0v) is 20.8. The Kier molecular flexibility index (Phi) is 7.00. The van der Waals surface area contributed by atoms with Crippen molar-refractivity contribution >= 4 is 29.6 Å². The fourth-order valence-corrected chi connectivity index (χ4v) is 6.68. The van der Waals surface area contributed by atoms with E-state index in [9.17, 15) is 9.59 Å². The topological polar surface area (TPSA) is 93.7 Å². The minimum absolute atomic E-state index is 0.0362. The van der Waals surface area contributed by atoms with Crippen LogP contribution in [0, 0.1) is 5.41 Å². The summed E-state index contributed by atoms with van der Waals surface area (Å²) in [4.78, 5) is 24.6. The second-order valence-corrected chi connectivity index (χ2v) is 10.7. The molecule has 0 saturated carbocycles. The SMILES string of the molecule is O=C(O)Nc1cccc(SN2CCC3(NCC(=O)N3)C(Cc3ccccc3)(Cc3ccccc3)C2)c1. The summed E-state index contributed by atoms with van der Waals surface area (Å²) in [5, 5.41) is 18.5. The van der Waals surface area contributed by atoms with Crippen LogP contribution in [0.4, 0.5) is 10.5 Å². The van der Waals surface area contributed by atoms with E-state index in [1.165, 1.54) is 11.1 Å². The normalized spacial score (nSPS) is 21.3. The molecule has 36 heavy (non-hydrogen) atoms. The highest BCUT2D eigenvalue weighted by Gasteiger charge is 2.57. The van der Waals surface area contributed by atoms with Crippen LogP contribution in [0.2, 0.25) is 0 Å². The average Bonchev–Trinajstić information content (AvgIpc) is 3.25. The average molecular weight is 503 g/mol. The van der Waals surface area contributed by atoms with Gasteiger partial charge in [-0.05, 0) is 60.5 Å². The number of nitrogens with one attached hydrogen (secondary N) is 3.